The van der Waals surface area contributed by atoms with Crippen LogP contribution in [0.4, 0.5) is 4.39 Å². The maximum atomic E-state index is 13.5. The van der Waals surface area contributed by atoms with E-state index in [1.165, 1.54) is 6.07 Å². The van der Waals surface area contributed by atoms with Crippen LogP contribution in [0.1, 0.15) is 25.8 Å². The van der Waals surface area contributed by atoms with Crippen LogP contribution in [0.15, 0.2) is 18.2 Å². The Kier molecular flexibility index (Phi) is 4.77. The molecule has 4 heteroatoms. The van der Waals surface area contributed by atoms with Gasteiger partial charge in [0.2, 0.25) is 0 Å². The molecule has 0 saturated heterocycles. The zero-order valence-corrected chi connectivity index (χ0v) is 10.7. The van der Waals surface area contributed by atoms with Crippen molar-refractivity contribution in [1.29, 1.82) is 5.26 Å². The van der Waals surface area contributed by atoms with Crippen molar-refractivity contribution < 1.29 is 9.13 Å². The van der Waals surface area contributed by atoms with Crippen LogP contribution in [0.2, 0.25) is 0 Å². The van der Waals surface area contributed by atoms with Crippen molar-refractivity contribution >= 4 is 11.6 Å². The van der Waals surface area contributed by atoms with E-state index in [4.69, 9.17) is 21.6 Å². The molecule has 0 saturated carbocycles. The number of para-hydroxylation sites is 1. The summed E-state index contributed by atoms with van der Waals surface area (Å²) in [7, 11) is 0. The average molecular weight is 256 g/mol. The van der Waals surface area contributed by atoms with E-state index in [1.807, 2.05) is 13.8 Å². The van der Waals surface area contributed by atoms with Gasteiger partial charge in [-0.15, -0.1) is 11.6 Å². The lowest BCUT2D eigenvalue weighted by Gasteiger charge is -2.16. The van der Waals surface area contributed by atoms with Crippen molar-refractivity contribution in [2.75, 3.05) is 6.61 Å². The van der Waals surface area contributed by atoms with Crippen molar-refractivity contribution in [1.82, 2.24) is 0 Å². The van der Waals surface area contributed by atoms with Crippen molar-refractivity contribution in [3.8, 4) is 11.8 Å². The Labute approximate surface area is 106 Å². The summed E-state index contributed by atoms with van der Waals surface area (Å²) in [5.41, 5.74) is 0.160. The fourth-order valence-electron chi connectivity index (χ4n) is 1.28. The minimum atomic E-state index is -0.466. The number of nitrogens with zero attached hydrogens (tertiary/aromatic N) is 1. The maximum Gasteiger partial charge on any atom is 0.165 e. The predicted octanol–water partition coefficient (Wildman–Crippen LogP) is 3.88. The largest absolute Gasteiger partial charge is 0.490 e. The molecule has 0 aliphatic heterocycles. The summed E-state index contributed by atoms with van der Waals surface area (Å²) >= 11 is 5.70. The molecule has 0 spiro atoms. The third kappa shape index (κ3) is 3.90. The van der Waals surface area contributed by atoms with Gasteiger partial charge in [-0.1, -0.05) is 12.1 Å². The number of halogens is 2. The number of hydrogen-bond donors (Lipinski definition) is 0. The van der Waals surface area contributed by atoms with Gasteiger partial charge in [0, 0.05) is 5.56 Å². The van der Waals surface area contributed by atoms with E-state index in [0.29, 0.717) is 18.6 Å². The molecule has 1 rings (SSSR count). The number of ether oxygens (including phenoxy) is 1. The topological polar surface area (TPSA) is 33.0 Å². The smallest absolute Gasteiger partial charge is 0.165 e. The number of rotatable bonds is 5. The van der Waals surface area contributed by atoms with Gasteiger partial charge in [0.1, 0.15) is 0 Å². The Morgan fingerprint density at radius 2 is 2.18 bits per heavy atom. The molecular formula is C13H15ClFNO. The second-order valence-electron chi connectivity index (χ2n) is 4.46. The first kappa shape index (κ1) is 13.8. The molecule has 0 unspecified atom stereocenters. The lowest BCUT2D eigenvalue weighted by molar-refractivity contribution is 0.253. The van der Waals surface area contributed by atoms with Gasteiger partial charge in [-0.05, 0) is 26.3 Å². The van der Waals surface area contributed by atoms with Gasteiger partial charge in [0.05, 0.1) is 24.0 Å². The Hall–Kier alpha value is -1.27. The highest BCUT2D eigenvalue weighted by Crippen LogP contribution is 2.26. The van der Waals surface area contributed by atoms with Gasteiger partial charge in [0.15, 0.2) is 11.6 Å². The Bertz CT molecular complexity index is 426. The van der Waals surface area contributed by atoms with E-state index in [0.717, 1.165) is 0 Å². The third-order valence-electron chi connectivity index (χ3n) is 2.47. The van der Waals surface area contributed by atoms with E-state index in [9.17, 15) is 4.39 Å². The summed E-state index contributed by atoms with van der Waals surface area (Å²) in [5.74, 6) is -0.0245. The van der Waals surface area contributed by atoms with Gasteiger partial charge >= 0.3 is 0 Å². The zero-order valence-electron chi connectivity index (χ0n) is 9.96. The molecule has 17 heavy (non-hydrogen) atoms. The monoisotopic (exact) mass is 255 g/mol. The van der Waals surface area contributed by atoms with Crippen molar-refractivity contribution in [2.45, 2.75) is 26.1 Å². The zero-order chi connectivity index (χ0) is 12.9. The molecule has 1 aromatic carbocycles. The summed E-state index contributed by atoms with van der Waals surface area (Å²) in [6.07, 6.45) is 0.541. The molecule has 0 amide bonds. The molecule has 0 heterocycles. The van der Waals surface area contributed by atoms with Gasteiger partial charge in [0.25, 0.3) is 0 Å². The number of benzene rings is 1. The van der Waals surface area contributed by atoms with Crippen LogP contribution in [0.5, 0.6) is 5.75 Å². The van der Waals surface area contributed by atoms with Crippen molar-refractivity contribution in [3.63, 3.8) is 0 Å². The summed E-state index contributed by atoms with van der Waals surface area (Å²) in [6.45, 7) is 3.94. The van der Waals surface area contributed by atoms with Crippen LogP contribution >= 0.6 is 11.6 Å². The number of hydrogen-bond acceptors (Lipinski definition) is 2. The van der Waals surface area contributed by atoms with Crippen LogP contribution in [-0.4, -0.2) is 6.61 Å². The summed E-state index contributed by atoms with van der Waals surface area (Å²) < 4.78 is 18.9. The molecular weight excluding hydrogens is 241 g/mol. The summed E-state index contributed by atoms with van der Waals surface area (Å²) in [5, 5.41) is 8.85. The van der Waals surface area contributed by atoms with Crippen LogP contribution in [0, 0.1) is 22.6 Å². The van der Waals surface area contributed by atoms with E-state index in [-0.39, 0.29) is 11.6 Å². The number of alkyl halides is 1. The molecule has 92 valence electrons. The predicted molar refractivity (Wildman–Crippen MR) is 65.5 cm³/mol. The standard InChI is InChI=1S/C13H15ClFNO/c1-13(2,9-16)6-7-17-12-10(8-14)4-3-5-11(12)15/h3-5H,6-8H2,1-2H3. The normalized spacial score (nSPS) is 11.0. The SMILES string of the molecule is CC(C)(C#N)CCOc1c(F)cccc1CCl. The highest BCUT2D eigenvalue weighted by molar-refractivity contribution is 6.17. The van der Waals surface area contributed by atoms with Crippen molar-refractivity contribution in [2.24, 2.45) is 5.41 Å². The number of nitriles is 1. The van der Waals surface area contributed by atoms with Crippen LogP contribution in [-0.2, 0) is 5.88 Å². The minimum Gasteiger partial charge on any atom is -0.490 e. The van der Waals surface area contributed by atoms with Crippen LogP contribution in [0.25, 0.3) is 0 Å². The average Bonchev–Trinajstić information content (AvgIpc) is 2.31. The van der Waals surface area contributed by atoms with Gasteiger partial charge in [-0.2, -0.15) is 5.26 Å². The summed E-state index contributed by atoms with van der Waals surface area (Å²) in [6, 6.07) is 6.82. The van der Waals surface area contributed by atoms with Gasteiger partial charge in [-0.3, -0.25) is 0 Å². The van der Waals surface area contributed by atoms with Crippen LogP contribution < -0.4 is 4.74 Å². The van der Waals surface area contributed by atoms with E-state index >= 15 is 0 Å². The van der Waals surface area contributed by atoms with Gasteiger partial charge in [-0.25, -0.2) is 4.39 Å². The fourth-order valence-corrected chi connectivity index (χ4v) is 1.49. The first-order valence-corrected chi connectivity index (χ1v) is 5.91. The highest BCUT2D eigenvalue weighted by atomic mass is 35.5. The Morgan fingerprint density at radius 1 is 1.47 bits per heavy atom. The van der Waals surface area contributed by atoms with Crippen LogP contribution in [0.3, 0.4) is 0 Å². The molecule has 0 aliphatic rings. The van der Waals surface area contributed by atoms with E-state index in [1.54, 1.807) is 12.1 Å². The second-order valence-corrected chi connectivity index (χ2v) is 4.72. The first-order valence-electron chi connectivity index (χ1n) is 5.37. The van der Waals surface area contributed by atoms with Crippen molar-refractivity contribution in [3.05, 3.63) is 29.6 Å². The summed E-state index contributed by atoms with van der Waals surface area (Å²) in [4.78, 5) is 0. The Morgan fingerprint density at radius 3 is 2.76 bits per heavy atom. The van der Waals surface area contributed by atoms with Gasteiger partial charge < -0.3 is 4.74 Å². The maximum absolute atomic E-state index is 13.5. The molecule has 1 aromatic rings. The lowest BCUT2D eigenvalue weighted by atomic mass is 9.92. The minimum absolute atomic E-state index is 0.191. The fraction of sp³-hybridized carbons (Fsp3) is 0.462. The highest BCUT2D eigenvalue weighted by Gasteiger charge is 2.17. The molecule has 0 N–H and O–H groups in total. The third-order valence-corrected chi connectivity index (χ3v) is 2.76. The molecule has 0 radical (unpaired) electrons. The molecule has 0 aliphatic carbocycles. The molecule has 2 nitrogen and oxygen atoms in total. The molecule has 0 atom stereocenters. The van der Waals surface area contributed by atoms with E-state index in [2.05, 4.69) is 6.07 Å². The first-order chi connectivity index (χ1) is 8.00. The second kappa shape index (κ2) is 5.88. The quantitative estimate of drug-likeness (QED) is 0.748. The molecule has 0 bridgehead atoms. The van der Waals surface area contributed by atoms with E-state index < -0.39 is 11.2 Å². The lowest BCUT2D eigenvalue weighted by Crippen LogP contribution is -2.14. The molecule has 0 aromatic heterocycles. The Balaban J connectivity index is 2.67. The molecule has 0 fully saturated rings.